The third-order valence-electron chi connectivity index (χ3n) is 2.40. The van der Waals surface area contributed by atoms with Gasteiger partial charge in [0.15, 0.2) is 0 Å². The Morgan fingerprint density at radius 2 is 1.84 bits per heavy atom. The smallest absolute Gasteiger partial charge is 0.138 e. The van der Waals surface area contributed by atoms with Crippen LogP contribution in [0.2, 0.25) is 10.0 Å². The summed E-state index contributed by atoms with van der Waals surface area (Å²) in [5.74, 6) is -0.350. The quantitative estimate of drug-likeness (QED) is 0.326. The van der Waals surface area contributed by atoms with E-state index in [1.54, 1.807) is 18.2 Å². The van der Waals surface area contributed by atoms with Gasteiger partial charge in [0.05, 0.1) is 30.7 Å². The first-order valence-corrected chi connectivity index (χ1v) is 7.68. The van der Waals surface area contributed by atoms with Gasteiger partial charge in [-0.1, -0.05) is 23.2 Å². The van der Waals surface area contributed by atoms with Crippen molar-refractivity contribution >= 4 is 78.8 Å². The van der Waals surface area contributed by atoms with Crippen molar-refractivity contribution in [1.29, 1.82) is 0 Å². The highest BCUT2D eigenvalue weighted by molar-refractivity contribution is 14.1. The Morgan fingerprint density at radius 3 is 2.53 bits per heavy atom. The number of nitrogens with two attached hydrogens (primary N) is 1. The number of hydrogen-bond donors (Lipinski definition) is 2. The first kappa shape index (κ1) is 15.2. The lowest BCUT2D eigenvalue weighted by molar-refractivity contribution is 0.621. The lowest BCUT2D eigenvalue weighted by Gasteiger charge is -2.13. The van der Waals surface area contributed by atoms with Crippen molar-refractivity contribution < 1.29 is 4.39 Å². The van der Waals surface area contributed by atoms with Gasteiger partial charge in [0.25, 0.3) is 0 Å². The molecule has 0 atom stereocenters. The zero-order valence-corrected chi connectivity index (χ0v) is 14.5. The predicted molar refractivity (Wildman–Crippen MR) is 91.0 cm³/mol. The third kappa shape index (κ3) is 3.26. The van der Waals surface area contributed by atoms with Crippen LogP contribution >= 0.6 is 61.7 Å². The van der Waals surface area contributed by atoms with E-state index in [0.29, 0.717) is 35.2 Å². The van der Waals surface area contributed by atoms with Gasteiger partial charge in [-0.2, -0.15) is 0 Å². The number of nitrogen functional groups attached to an aromatic ring is 1. The largest absolute Gasteiger partial charge is 0.397 e. The van der Waals surface area contributed by atoms with Gasteiger partial charge in [0, 0.05) is 10.5 Å². The van der Waals surface area contributed by atoms with Crippen LogP contribution in [0.3, 0.4) is 0 Å². The van der Waals surface area contributed by atoms with E-state index in [9.17, 15) is 4.39 Å². The summed E-state index contributed by atoms with van der Waals surface area (Å²) in [6.45, 7) is 0. The molecule has 0 aliphatic heterocycles. The van der Waals surface area contributed by atoms with Crippen LogP contribution < -0.4 is 11.1 Å². The highest BCUT2D eigenvalue weighted by Gasteiger charge is 2.11. The van der Waals surface area contributed by atoms with Crippen molar-refractivity contribution in [3.05, 3.63) is 48.2 Å². The Bertz CT molecular complexity index is 652. The molecular weight excluding hydrogens is 469 g/mol. The molecule has 0 saturated carbocycles. The second-order valence-corrected chi connectivity index (χ2v) is 6.47. The van der Waals surface area contributed by atoms with Gasteiger partial charge in [-0.3, -0.25) is 0 Å². The molecule has 3 N–H and O–H groups in total. The third-order valence-corrected chi connectivity index (χ3v) is 4.99. The number of rotatable bonds is 2. The van der Waals surface area contributed by atoms with E-state index in [2.05, 4.69) is 21.2 Å². The molecule has 0 aliphatic rings. The molecule has 0 unspecified atom stereocenters. The molecule has 0 saturated heterocycles. The van der Waals surface area contributed by atoms with Gasteiger partial charge in [-0.15, -0.1) is 0 Å². The lowest BCUT2D eigenvalue weighted by atomic mass is 10.2. The maximum Gasteiger partial charge on any atom is 0.138 e. The Kier molecular flexibility index (Phi) is 4.81. The summed E-state index contributed by atoms with van der Waals surface area (Å²) in [7, 11) is 0. The summed E-state index contributed by atoms with van der Waals surface area (Å²) in [4.78, 5) is 0. The molecule has 0 spiro atoms. The highest BCUT2D eigenvalue weighted by atomic mass is 127. The summed E-state index contributed by atoms with van der Waals surface area (Å²) < 4.78 is 14.7. The Labute approximate surface area is 141 Å². The van der Waals surface area contributed by atoms with E-state index in [4.69, 9.17) is 28.9 Å². The average Bonchev–Trinajstić information content (AvgIpc) is 2.36. The van der Waals surface area contributed by atoms with Gasteiger partial charge in [0.2, 0.25) is 0 Å². The van der Waals surface area contributed by atoms with Crippen LogP contribution in [0, 0.1) is 9.39 Å². The fourth-order valence-corrected chi connectivity index (χ4v) is 2.75. The van der Waals surface area contributed by atoms with Crippen LogP contribution in [-0.2, 0) is 0 Å². The van der Waals surface area contributed by atoms with Crippen LogP contribution in [0.4, 0.5) is 21.5 Å². The minimum Gasteiger partial charge on any atom is -0.397 e. The van der Waals surface area contributed by atoms with E-state index in [0.717, 1.165) is 0 Å². The molecule has 100 valence electrons. The maximum absolute atomic E-state index is 13.5. The average molecular weight is 476 g/mol. The van der Waals surface area contributed by atoms with E-state index in [-0.39, 0.29) is 5.82 Å². The summed E-state index contributed by atoms with van der Waals surface area (Å²) in [6.07, 6.45) is 0. The summed E-state index contributed by atoms with van der Waals surface area (Å²) in [5.41, 5.74) is 7.27. The summed E-state index contributed by atoms with van der Waals surface area (Å²) in [6, 6.07) is 6.35. The zero-order valence-electron chi connectivity index (χ0n) is 9.28. The van der Waals surface area contributed by atoms with Gasteiger partial charge < -0.3 is 11.1 Å². The minimum atomic E-state index is -0.350. The molecule has 2 aromatic carbocycles. The SMILES string of the molecule is Nc1cc(I)c(F)cc1Nc1ccc(Br)c(Cl)c1Cl. The zero-order chi connectivity index (χ0) is 14.2. The van der Waals surface area contributed by atoms with Crippen LogP contribution in [0.15, 0.2) is 28.7 Å². The fourth-order valence-electron chi connectivity index (χ4n) is 1.44. The van der Waals surface area contributed by atoms with Crippen molar-refractivity contribution in [2.24, 2.45) is 0 Å². The van der Waals surface area contributed by atoms with E-state index >= 15 is 0 Å². The molecule has 0 radical (unpaired) electrons. The Morgan fingerprint density at radius 1 is 1.16 bits per heavy atom. The van der Waals surface area contributed by atoms with Crippen LogP contribution in [0.1, 0.15) is 0 Å². The molecule has 0 aliphatic carbocycles. The van der Waals surface area contributed by atoms with Gasteiger partial charge in [0.1, 0.15) is 5.82 Å². The van der Waals surface area contributed by atoms with E-state index in [1.165, 1.54) is 6.07 Å². The lowest BCUT2D eigenvalue weighted by Crippen LogP contribution is -1.99. The second-order valence-electron chi connectivity index (χ2n) is 3.70. The Hall–Kier alpha value is -0.240. The fraction of sp³-hybridized carbons (Fsp3) is 0. The molecule has 19 heavy (non-hydrogen) atoms. The molecule has 0 aromatic heterocycles. The molecule has 0 fully saturated rings. The molecule has 0 amide bonds. The van der Waals surface area contributed by atoms with Crippen LogP contribution in [-0.4, -0.2) is 0 Å². The molecule has 0 heterocycles. The van der Waals surface area contributed by atoms with Crippen LogP contribution in [0.25, 0.3) is 0 Å². The van der Waals surface area contributed by atoms with Gasteiger partial charge in [-0.25, -0.2) is 4.39 Å². The molecule has 2 nitrogen and oxygen atoms in total. The predicted octanol–water partition coefficient (Wildman–Crippen LogP) is 5.83. The maximum atomic E-state index is 13.5. The topological polar surface area (TPSA) is 38.0 Å². The molecule has 0 bridgehead atoms. The molecule has 2 rings (SSSR count). The second kappa shape index (κ2) is 6.03. The van der Waals surface area contributed by atoms with Gasteiger partial charge >= 0.3 is 0 Å². The first-order chi connectivity index (χ1) is 8.90. The summed E-state index contributed by atoms with van der Waals surface area (Å²) in [5, 5.41) is 3.70. The Balaban J connectivity index is 2.42. The normalized spacial score (nSPS) is 10.6. The van der Waals surface area contributed by atoms with Crippen molar-refractivity contribution in [2.45, 2.75) is 0 Å². The van der Waals surface area contributed by atoms with Crippen molar-refractivity contribution in [3.63, 3.8) is 0 Å². The molecule has 7 heteroatoms. The van der Waals surface area contributed by atoms with Crippen LogP contribution in [0.5, 0.6) is 0 Å². The van der Waals surface area contributed by atoms with Crippen molar-refractivity contribution in [2.75, 3.05) is 11.1 Å². The van der Waals surface area contributed by atoms with E-state index in [1.807, 2.05) is 22.6 Å². The highest BCUT2D eigenvalue weighted by Crippen LogP contribution is 2.38. The van der Waals surface area contributed by atoms with Crippen molar-refractivity contribution in [1.82, 2.24) is 0 Å². The van der Waals surface area contributed by atoms with E-state index < -0.39 is 0 Å². The monoisotopic (exact) mass is 474 g/mol. The summed E-state index contributed by atoms with van der Waals surface area (Å²) >= 11 is 17.3. The number of nitrogens with one attached hydrogen (secondary N) is 1. The number of benzene rings is 2. The number of hydrogen-bond acceptors (Lipinski definition) is 2. The molecule has 2 aromatic rings. The van der Waals surface area contributed by atoms with Crippen molar-refractivity contribution in [3.8, 4) is 0 Å². The standard InChI is InChI=1S/C12H7BrCl2FIN2/c13-5-1-2-9(12(15)11(5)14)19-10-3-6(16)7(17)4-8(10)18/h1-4,19H,18H2. The molecular formula is C12H7BrCl2FIN2. The minimum absolute atomic E-state index is 0.342. The van der Waals surface area contributed by atoms with Gasteiger partial charge in [-0.05, 0) is 56.7 Å². The number of anilines is 3. The first-order valence-electron chi connectivity index (χ1n) is 5.05. The number of halogens is 5.